The van der Waals surface area contributed by atoms with Gasteiger partial charge < -0.3 is 15.5 Å². The van der Waals surface area contributed by atoms with Crippen LogP contribution >= 0.6 is 0 Å². The normalized spacial score (nSPS) is 12.3. The van der Waals surface area contributed by atoms with Crippen molar-refractivity contribution in [1.82, 2.24) is 0 Å². The highest BCUT2D eigenvalue weighted by molar-refractivity contribution is 6.31. The number of fused-ring (bicyclic) bond motifs is 2. The zero-order valence-corrected chi connectivity index (χ0v) is 14.2. The predicted molar refractivity (Wildman–Crippen MR) is 99.5 cm³/mol. The Labute approximate surface area is 157 Å². The molecule has 0 unspecified atom stereocenters. The average Bonchev–Trinajstić information content (AvgIpc) is 2.66. The number of para-hydroxylation sites is 1. The molecule has 0 saturated carbocycles. The molecular weight excluding hydrogens is 364 g/mol. The second-order valence-electron chi connectivity index (χ2n) is 6.15. The minimum Gasteiger partial charge on any atom is -0.502 e. The Hall–Kier alpha value is -4.20. The van der Waals surface area contributed by atoms with E-state index in [9.17, 15) is 29.9 Å². The maximum Gasteiger partial charge on any atom is 0.352 e. The average molecular weight is 376 g/mol. The van der Waals surface area contributed by atoms with Gasteiger partial charge in [-0.1, -0.05) is 30.3 Å². The van der Waals surface area contributed by atoms with E-state index in [0.29, 0.717) is 11.4 Å². The smallest absolute Gasteiger partial charge is 0.352 e. The van der Waals surface area contributed by atoms with Crippen LogP contribution in [0.25, 0.3) is 0 Å². The van der Waals surface area contributed by atoms with Crippen molar-refractivity contribution in [1.29, 1.82) is 0 Å². The molecule has 0 aromatic heterocycles. The fraction of sp³-hybridized carbons (Fsp3) is 0. The van der Waals surface area contributed by atoms with Gasteiger partial charge >= 0.3 is 5.69 Å². The molecule has 0 bridgehead atoms. The van der Waals surface area contributed by atoms with Crippen LogP contribution in [0, 0.1) is 10.1 Å². The van der Waals surface area contributed by atoms with Crippen molar-refractivity contribution in [3.05, 3.63) is 87.0 Å². The molecule has 0 heterocycles. The first kappa shape index (κ1) is 17.2. The third-order valence-corrected chi connectivity index (χ3v) is 4.50. The monoisotopic (exact) mass is 376 g/mol. The molecule has 0 aliphatic heterocycles. The molecule has 1 aliphatic rings. The van der Waals surface area contributed by atoms with E-state index in [1.807, 2.05) is 6.07 Å². The number of nitro benzene ring substituents is 1. The number of nitrogens with one attached hydrogen (secondary N) is 1. The molecule has 0 amide bonds. The molecule has 4 rings (SSSR count). The number of carbonyl (C=O) groups is 2. The molecule has 1 aliphatic carbocycles. The summed E-state index contributed by atoms with van der Waals surface area (Å²) < 4.78 is 0. The van der Waals surface area contributed by atoms with Gasteiger partial charge in [0.15, 0.2) is 17.3 Å². The molecule has 3 aromatic rings. The molecule has 3 aromatic carbocycles. The van der Waals surface area contributed by atoms with Gasteiger partial charge in [0.05, 0.1) is 21.7 Å². The molecular formula is C20H12N2O6. The van der Waals surface area contributed by atoms with Gasteiger partial charge in [-0.2, -0.15) is 0 Å². The summed E-state index contributed by atoms with van der Waals surface area (Å²) in [5.74, 6) is -3.28. The van der Waals surface area contributed by atoms with Gasteiger partial charge in [-0.25, -0.2) is 0 Å². The zero-order valence-electron chi connectivity index (χ0n) is 14.2. The number of phenolic OH excluding ortho intramolecular Hbond substituents is 2. The van der Waals surface area contributed by atoms with Gasteiger partial charge in [-0.05, 0) is 24.3 Å². The third-order valence-electron chi connectivity index (χ3n) is 4.50. The number of anilines is 2. The topological polar surface area (TPSA) is 130 Å². The lowest BCUT2D eigenvalue weighted by Crippen LogP contribution is -2.22. The quantitative estimate of drug-likeness (QED) is 0.368. The number of phenols is 2. The van der Waals surface area contributed by atoms with E-state index >= 15 is 0 Å². The van der Waals surface area contributed by atoms with Crippen LogP contribution in [-0.4, -0.2) is 26.7 Å². The Kier molecular flexibility index (Phi) is 3.82. The second-order valence-corrected chi connectivity index (χ2v) is 6.15. The van der Waals surface area contributed by atoms with E-state index < -0.39 is 39.2 Å². The zero-order chi connectivity index (χ0) is 20.0. The van der Waals surface area contributed by atoms with Crippen LogP contribution in [0.15, 0.2) is 54.6 Å². The number of ketones is 2. The summed E-state index contributed by atoms with van der Waals surface area (Å²) in [5, 5.41) is 34.3. The van der Waals surface area contributed by atoms with Gasteiger partial charge in [-0.15, -0.1) is 0 Å². The largest absolute Gasteiger partial charge is 0.502 e. The fourth-order valence-corrected chi connectivity index (χ4v) is 3.27. The minimum atomic E-state index is -1.02. The van der Waals surface area contributed by atoms with E-state index in [0.717, 1.165) is 6.07 Å². The number of hydrogen-bond acceptors (Lipinski definition) is 7. The lowest BCUT2D eigenvalue weighted by atomic mass is 9.82. The summed E-state index contributed by atoms with van der Waals surface area (Å²) in [6, 6.07) is 14.4. The van der Waals surface area contributed by atoms with Gasteiger partial charge in [-0.3, -0.25) is 19.7 Å². The SMILES string of the molecule is O=C1c2cc(O)c([N+](=O)[O-])c(O)c2C(=O)c2cccc(Nc3ccccc3)c21. The first-order valence-corrected chi connectivity index (χ1v) is 8.18. The summed E-state index contributed by atoms with van der Waals surface area (Å²) >= 11 is 0. The maximum absolute atomic E-state index is 13.1. The first-order chi connectivity index (χ1) is 13.4. The molecule has 8 heteroatoms. The van der Waals surface area contributed by atoms with E-state index in [1.54, 1.807) is 36.4 Å². The van der Waals surface area contributed by atoms with E-state index in [1.165, 1.54) is 6.07 Å². The number of benzene rings is 3. The van der Waals surface area contributed by atoms with Gasteiger partial charge in [0.25, 0.3) is 0 Å². The van der Waals surface area contributed by atoms with Crippen LogP contribution < -0.4 is 5.32 Å². The third kappa shape index (κ3) is 2.47. The first-order valence-electron chi connectivity index (χ1n) is 8.18. The van der Waals surface area contributed by atoms with Gasteiger partial charge in [0.2, 0.25) is 5.75 Å². The highest BCUT2D eigenvalue weighted by atomic mass is 16.6. The van der Waals surface area contributed by atoms with Crippen LogP contribution in [0.3, 0.4) is 0 Å². The number of hydrogen-bond donors (Lipinski definition) is 3. The summed E-state index contributed by atoms with van der Waals surface area (Å²) in [6.45, 7) is 0. The fourth-order valence-electron chi connectivity index (χ4n) is 3.27. The molecule has 0 spiro atoms. The Bertz CT molecular complexity index is 1170. The summed E-state index contributed by atoms with van der Waals surface area (Å²) in [5.41, 5.74) is -0.659. The Morgan fingerprint density at radius 1 is 0.857 bits per heavy atom. The predicted octanol–water partition coefficient (Wildman–Crippen LogP) is 3.53. The Balaban J connectivity index is 1.92. The van der Waals surface area contributed by atoms with Crippen LogP contribution in [0.4, 0.5) is 17.1 Å². The van der Waals surface area contributed by atoms with Crippen molar-refractivity contribution in [2.75, 3.05) is 5.32 Å². The maximum atomic E-state index is 13.1. The van der Waals surface area contributed by atoms with Crippen LogP contribution in [0.2, 0.25) is 0 Å². The second kappa shape index (κ2) is 6.20. The van der Waals surface area contributed by atoms with Crippen molar-refractivity contribution in [3.63, 3.8) is 0 Å². The highest BCUT2D eigenvalue weighted by Gasteiger charge is 2.38. The Morgan fingerprint density at radius 2 is 1.54 bits per heavy atom. The van der Waals surface area contributed by atoms with E-state index in [-0.39, 0.29) is 16.7 Å². The molecule has 138 valence electrons. The standard InChI is InChI=1S/C20H12N2O6/c23-14-9-12-16(20(26)17(14)22(27)28)18(24)11-7-4-8-13(15(11)19(12)25)21-10-5-2-1-3-6-10/h1-9,21,23,26H. The van der Waals surface area contributed by atoms with Gasteiger partial charge in [0.1, 0.15) is 0 Å². The number of carbonyl (C=O) groups excluding carboxylic acids is 2. The highest BCUT2D eigenvalue weighted by Crippen LogP contribution is 2.45. The molecule has 28 heavy (non-hydrogen) atoms. The summed E-state index contributed by atoms with van der Waals surface area (Å²) in [4.78, 5) is 36.1. The number of nitrogens with zero attached hydrogens (tertiary/aromatic N) is 1. The minimum absolute atomic E-state index is 0.00807. The van der Waals surface area contributed by atoms with Crippen molar-refractivity contribution in [2.24, 2.45) is 0 Å². The lowest BCUT2D eigenvalue weighted by molar-refractivity contribution is -0.386. The van der Waals surface area contributed by atoms with Crippen LogP contribution in [0.5, 0.6) is 11.5 Å². The molecule has 0 fully saturated rings. The molecule has 8 nitrogen and oxygen atoms in total. The summed E-state index contributed by atoms with van der Waals surface area (Å²) in [6.07, 6.45) is 0. The van der Waals surface area contributed by atoms with Crippen LogP contribution in [0.1, 0.15) is 31.8 Å². The molecule has 0 atom stereocenters. The number of aromatic hydroxyl groups is 2. The van der Waals surface area contributed by atoms with Crippen molar-refractivity contribution in [3.8, 4) is 11.5 Å². The molecule has 0 saturated heterocycles. The van der Waals surface area contributed by atoms with E-state index in [2.05, 4.69) is 5.32 Å². The van der Waals surface area contributed by atoms with Crippen molar-refractivity contribution < 1.29 is 24.7 Å². The lowest BCUT2D eigenvalue weighted by Gasteiger charge is -2.21. The van der Waals surface area contributed by atoms with Crippen LogP contribution in [-0.2, 0) is 0 Å². The number of nitro groups is 1. The number of rotatable bonds is 3. The Morgan fingerprint density at radius 3 is 2.21 bits per heavy atom. The molecule has 3 N–H and O–H groups in total. The van der Waals surface area contributed by atoms with Gasteiger partial charge in [0, 0.05) is 16.8 Å². The van der Waals surface area contributed by atoms with Crippen molar-refractivity contribution in [2.45, 2.75) is 0 Å². The van der Waals surface area contributed by atoms with E-state index in [4.69, 9.17) is 0 Å². The molecule has 0 radical (unpaired) electrons. The van der Waals surface area contributed by atoms with Crippen molar-refractivity contribution >= 4 is 28.6 Å². The summed E-state index contributed by atoms with van der Waals surface area (Å²) in [7, 11) is 0.